The van der Waals surface area contributed by atoms with Crippen LogP contribution < -0.4 is 4.90 Å². The summed E-state index contributed by atoms with van der Waals surface area (Å²) in [6.45, 7) is 5.55. The molecule has 2 aromatic carbocycles. The standard InChI is InChI=1S/C19H21BrN2O3S/c1-14-3-8-19(18(20)13-14)26(24,25)22-11-9-21(10-12-22)17-6-4-16(5-7-17)15(2)23/h3-8,13H,9-12H2,1-2H3. The maximum atomic E-state index is 12.9. The normalized spacial score (nSPS) is 15.9. The van der Waals surface area contributed by atoms with Crippen LogP contribution in [0.25, 0.3) is 0 Å². The molecule has 1 heterocycles. The second kappa shape index (κ2) is 7.50. The van der Waals surface area contributed by atoms with Gasteiger partial charge in [0.1, 0.15) is 0 Å². The fourth-order valence-electron chi connectivity index (χ4n) is 3.05. The lowest BCUT2D eigenvalue weighted by molar-refractivity contribution is 0.101. The van der Waals surface area contributed by atoms with Crippen molar-refractivity contribution in [3.8, 4) is 0 Å². The highest BCUT2D eigenvalue weighted by Gasteiger charge is 2.30. The predicted octanol–water partition coefficient (Wildman–Crippen LogP) is 3.47. The molecule has 1 fully saturated rings. The molecule has 26 heavy (non-hydrogen) atoms. The van der Waals surface area contributed by atoms with E-state index in [1.54, 1.807) is 13.0 Å². The first-order chi connectivity index (χ1) is 12.3. The third-order valence-corrected chi connectivity index (χ3v) is 7.46. The summed E-state index contributed by atoms with van der Waals surface area (Å²) in [4.78, 5) is 13.8. The van der Waals surface area contributed by atoms with Gasteiger partial charge in [-0.2, -0.15) is 4.31 Å². The Morgan fingerprint density at radius 2 is 1.62 bits per heavy atom. The van der Waals surface area contributed by atoms with E-state index in [0.717, 1.165) is 11.3 Å². The van der Waals surface area contributed by atoms with Crippen molar-refractivity contribution in [3.05, 3.63) is 58.1 Å². The average molecular weight is 437 g/mol. The van der Waals surface area contributed by atoms with E-state index in [4.69, 9.17) is 0 Å². The van der Waals surface area contributed by atoms with Crippen LogP contribution in [0.5, 0.6) is 0 Å². The summed E-state index contributed by atoms with van der Waals surface area (Å²) >= 11 is 3.37. The number of hydrogen-bond donors (Lipinski definition) is 0. The lowest BCUT2D eigenvalue weighted by atomic mass is 10.1. The average Bonchev–Trinajstić information content (AvgIpc) is 2.61. The molecule has 138 valence electrons. The van der Waals surface area contributed by atoms with Gasteiger partial charge >= 0.3 is 0 Å². The van der Waals surface area contributed by atoms with Crippen LogP contribution in [0.4, 0.5) is 5.69 Å². The van der Waals surface area contributed by atoms with Gasteiger partial charge in [-0.1, -0.05) is 6.07 Å². The van der Waals surface area contributed by atoms with Crippen LogP contribution in [-0.4, -0.2) is 44.7 Å². The highest BCUT2D eigenvalue weighted by molar-refractivity contribution is 9.10. The molecule has 0 unspecified atom stereocenters. The van der Waals surface area contributed by atoms with Gasteiger partial charge in [-0.3, -0.25) is 4.79 Å². The number of anilines is 1. The molecule has 0 N–H and O–H groups in total. The SMILES string of the molecule is CC(=O)c1ccc(N2CCN(S(=O)(=O)c3ccc(C)cc3Br)CC2)cc1. The van der Waals surface area contributed by atoms with Crippen molar-refractivity contribution in [1.29, 1.82) is 0 Å². The number of hydrogen-bond acceptors (Lipinski definition) is 4. The van der Waals surface area contributed by atoms with Gasteiger partial charge in [0.2, 0.25) is 10.0 Å². The lowest BCUT2D eigenvalue weighted by Crippen LogP contribution is -2.48. The molecule has 0 atom stereocenters. The Bertz CT molecular complexity index is 918. The van der Waals surface area contributed by atoms with Crippen LogP contribution in [0.1, 0.15) is 22.8 Å². The van der Waals surface area contributed by atoms with Crippen molar-refractivity contribution in [2.75, 3.05) is 31.1 Å². The van der Waals surface area contributed by atoms with Gasteiger partial charge in [-0.05, 0) is 71.7 Å². The molecule has 3 rings (SSSR count). The van der Waals surface area contributed by atoms with Gasteiger partial charge < -0.3 is 4.90 Å². The van der Waals surface area contributed by atoms with Crippen molar-refractivity contribution in [2.24, 2.45) is 0 Å². The summed E-state index contributed by atoms with van der Waals surface area (Å²) in [5.74, 6) is 0.0381. The van der Waals surface area contributed by atoms with E-state index in [9.17, 15) is 13.2 Å². The zero-order valence-corrected chi connectivity index (χ0v) is 17.2. The van der Waals surface area contributed by atoms with Crippen LogP contribution in [-0.2, 0) is 10.0 Å². The van der Waals surface area contributed by atoms with E-state index in [0.29, 0.717) is 41.1 Å². The fraction of sp³-hybridized carbons (Fsp3) is 0.316. The molecule has 0 spiro atoms. The number of piperazine rings is 1. The van der Waals surface area contributed by atoms with Gasteiger partial charge in [-0.15, -0.1) is 0 Å². The minimum atomic E-state index is -3.52. The number of ketones is 1. The molecule has 0 aromatic heterocycles. The van der Waals surface area contributed by atoms with Gasteiger partial charge in [0, 0.05) is 41.9 Å². The number of nitrogens with zero attached hydrogens (tertiary/aromatic N) is 2. The van der Waals surface area contributed by atoms with Gasteiger partial charge in [0.05, 0.1) is 4.90 Å². The predicted molar refractivity (Wildman–Crippen MR) is 106 cm³/mol. The zero-order valence-electron chi connectivity index (χ0n) is 14.8. The van der Waals surface area contributed by atoms with Crippen molar-refractivity contribution in [3.63, 3.8) is 0 Å². The first-order valence-corrected chi connectivity index (χ1v) is 10.6. The van der Waals surface area contributed by atoms with Crippen molar-refractivity contribution < 1.29 is 13.2 Å². The molecule has 0 saturated carbocycles. The number of carbonyl (C=O) groups excluding carboxylic acids is 1. The first kappa shape index (κ1) is 19.1. The molecule has 0 bridgehead atoms. The third-order valence-electron chi connectivity index (χ3n) is 4.58. The Labute approximate surface area is 162 Å². The van der Waals surface area contributed by atoms with Crippen molar-refractivity contribution in [2.45, 2.75) is 18.7 Å². The number of carbonyl (C=O) groups is 1. The summed E-state index contributed by atoms with van der Waals surface area (Å²) in [6, 6.07) is 12.7. The highest BCUT2D eigenvalue weighted by atomic mass is 79.9. The molecule has 1 saturated heterocycles. The first-order valence-electron chi connectivity index (χ1n) is 8.41. The molecule has 1 aliphatic heterocycles. The molecule has 2 aromatic rings. The molecular formula is C19H21BrN2O3S. The summed E-state index contributed by atoms with van der Waals surface area (Å²) in [5, 5.41) is 0. The van der Waals surface area contributed by atoms with Crippen LogP contribution in [0.3, 0.4) is 0 Å². The van der Waals surface area contributed by atoms with E-state index in [1.165, 1.54) is 4.31 Å². The van der Waals surface area contributed by atoms with Crippen LogP contribution in [0, 0.1) is 6.92 Å². The highest BCUT2D eigenvalue weighted by Crippen LogP contribution is 2.27. The third kappa shape index (κ3) is 3.84. The van der Waals surface area contributed by atoms with E-state index in [1.807, 2.05) is 43.3 Å². The monoisotopic (exact) mass is 436 g/mol. The quantitative estimate of drug-likeness (QED) is 0.688. The molecule has 7 heteroatoms. The fourth-order valence-corrected chi connectivity index (χ4v) is 5.62. The molecule has 0 aliphatic carbocycles. The number of Topliss-reactive ketones (excluding diaryl/α,β-unsaturated/α-hetero) is 1. The van der Waals surface area contributed by atoms with Gasteiger partial charge in [-0.25, -0.2) is 8.42 Å². The van der Waals surface area contributed by atoms with E-state index in [-0.39, 0.29) is 5.78 Å². The Morgan fingerprint density at radius 1 is 1.00 bits per heavy atom. The summed E-state index contributed by atoms with van der Waals surface area (Å²) < 4.78 is 28.0. The van der Waals surface area contributed by atoms with Crippen LogP contribution >= 0.6 is 15.9 Å². The van der Waals surface area contributed by atoms with Gasteiger partial charge in [0.25, 0.3) is 0 Å². The van der Waals surface area contributed by atoms with Crippen molar-refractivity contribution in [1.82, 2.24) is 4.31 Å². The summed E-state index contributed by atoms with van der Waals surface area (Å²) in [5.41, 5.74) is 2.69. The summed E-state index contributed by atoms with van der Waals surface area (Å²) in [6.07, 6.45) is 0. The Morgan fingerprint density at radius 3 is 2.15 bits per heavy atom. The van der Waals surface area contributed by atoms with E-state index < -0.39 is 10.0 Å². The lowest BCUT2D eigenvalue weighted by Gasteiger charge is -2.35. The number of aryl methyl sites for hydroxylation is 1. The van der Waals surface area contributed by atoms with E-state index >= 15 is 0 Å². The Balaban J connectivity index is 1.72. The molecule has 5 nitrogen and oxygen atoms in total. The number of halogens is 1. The maximum Gasteiger partial charge on any atom is 0.244 e. The number of rotatable bonds is 4. The van der Waals surface area contributed by atoms with Crippen molar-refractivity contribution >= 4 is 37.4 Å². The Kier molecular flexibility index (Phi) is 5.50. The van der Waals surface area contributed by atoms with Crippen LogP contribution in [0.2, 0.25) is 0 Å². The van der Waals surface area contributed by atoms with E-state index in [2.05, 4.69) is 20.8 Å². The smallest absolute Gasteiger partial charge is 0.244 e. The maximum absolute atomic E-state index is 12.9. The molecule has 0 radical (unpaired) electrons. The zero-order chi connectivity index (χ0) is 18.9. The molecule has 1 aliphatic rings. The second-order valence-corrected chi connectivity index (χ2v) is 9.19. The summed E-state index contributed by atoms with van der Waals surface area (Å²) in [7, 11) is -3.52. The Hall–Kier alpha value is -1.70. The second-order valence-electron chi connectivity index (χ2n) is 6.43. The topological polar surface area (TPSA) is 57.7 Å². The number of benzene rings is 2. The number of sulfonamides is 1. The van der Waals surface area contributed by atoms with Gasteiger partial charge in [0.15, 0.2) is 5.78 Å². The largest absolute Gasteiger partial charge is 0.369 e. The minimum absolute atomic E-state index is 0.0381. The van der Waals surface area contributed by atoms with Crippen LogP contribution in [0.15, 0.2) is 51.8 Å². The molecule has 0 amide bonds. The minimum Gasteiger partial charge on any atom is -0.369 e. The molecular weight excluding hydrogens is 416 g/mol.